The molecule has 1 amide bonds. The van der Waals surface area contributed by atoms with Gasteiger partial charge in [-0.1, -0.05) is 11.6 Å². The van der Waals surface area contributed by atoms with Gasteiger partial charge in [0.15, 0.2) is 0 Å². The average Bonchev–Trinajstić information content (AvgIpc) is 2.45. The average molecular weight is 313 g/mol. The van der Waals surface area contributed by atoms with Crippen LogP contribution >= 0.6 is 23.4 Å². The molecule has 1 aromatic rings. The van der Waals surface area contributed by atoms with Crippen molar-refractivity contribution in [3.05, 3.63) is 29.3 Å². The number of carbonyl (C=O) groups is 1. The number of halogens is 1. The first-order valence-electron chi connectivity index (χ1n) is 7.00. The van der Waals surface area contributed by atoms with E-state index < -0.39 is 0 Å². The number of hydrogen-bond acceptors (Lipinski definition) is 3. The first-order valence-corrected chi connectivity index (χ1v) is 8.36. The third kappa shape index (κ3) is 5.00. The molecule has 0 radical (unpaired) electrons. The Kier molecular flexibility index (Phi) is 6.20. The molecule has 3 nitrogen and oxygen atoms in total. The number of amides is 1. The van der Waals surface area contributed by atoms with E-state index in [1.807, 2.05) is 24.3 Å². The van der Waals surface area contributed by atoms with Gasteiger partial charge in [0.2, 0.25) is 5.91 Å². The highest BCUT2D eigenvalue weighted by Crippen LogP contribution is 2.20. The molecule has 0 aliphatic carbocycles. The lowest BCUT2D eigenvalue weighted by molar-refractivity contribution is -0.126. The molecule has 1 saturated heterocycles. The van der Waals surface area contributed by atoms with Crippen LogP contribution < -0.4 is 5.32 Å². The van der Waals surface area contributed by atoms with E-state index in [2.05, 4.69) is 17.3 Å². The molecule has 5 heteroatoms. The number of hydrogen-bond donors (Lipinski definition) is 1. The van der Waals surface area contributed by atoms with E-state index in [0.29, 0.717) is 6.54 Å². The van der Waals surface area contributed by atoms with E-state index in [1.165, 1.54) is 4.90 Å². The number of rotatable bonds is 5. The monoisotopic (exact) mass is 312 g/mol. The molecule has 1 fully saturated rings. The lowest BCUT2D eigenvalue weighted by Crippen LogP contribution is -2.41. The number of thioether (sulfide) groups is 1. The Morgan fingerprint density at radius 3 is 2.90 bits per heavy atom. The van der Waals surface area contributed by atoms with Gasteiger partial charge in [0, 0.05) is 28.8 Å². The van der Waals surface area contributed by atoms with Gasteiger partial charge in [-0.05, 0) is 50.7 Å². The van der Waals surface area contributed by atoms with Crippen LogP contribution in [0.4, 0.5) is 0 Å². The maximum Gasteiger partial charge on any atom is 0.224 e. The van der Waals surface area contributed by atoms with Gasteiger partial charge in [0.25, 0.3) is 0 Å². The summed E-state index contributed by atoms with van der Waals surface area (Å²) >= 11 is 7.58. The molecular formula is C15H21ClN2OS. The number of piperidine rings is 1. The maximum atomic E-state index is 12.0. The Morgan fingerprint density at radius 1 is 1.45 bits per heavy atom. The highest BCUT2D eigenvalue weighted by atomic mass is 35.5. The Morgan fingerprint density at radius 2 is 2.20 bits per heavy atom. The van der Waals surface area contributed by atoms with Crippen LogP contribution in [0, 0.1) is 5.92 Å². The summed E-state index contributed by atoms with van der Waals surface area (Å²) in [7, 11) is 2.08. The summed E-state index contributed by atoms with van der Waals surface area (Å²) in [4.78, 5) is 15.4. The van der Waals surface area contributed by atoms with Crippen LogP contribution in [0.3, 0.4) is 0 Å². The number of nitrogens with one attached hydrogen (secondary N) is 1. The second kappa shape index (κ2) is 7.91. The summed E-state index contributed by atoms with van der Waals surface area (Å²) in [6.45, 7) is 2.71. The van der Waals surface area contributed by atoms with Gasteiger partial charge in [0.05, 0.1) is 5.92 Å². The fourth-order valence-corrected chi connectivity index (χ4v) is 3.29. The van der Waals surface area contributed by atoms with E-state index in [1.54, 1.807) is 11.8 Å². The van der Waals surface area contributed by atoms with Gasteiger partial charge >= 0.3 is 0 Å². The fraction of sp³-hybridized carbons (Fsp3) is 0.533. The molecular weight excluding hydrogens is 292 g/mol. The van der Waals surface area contributed by atoms with Gasteiger partial charge in [-0.2, -0.15) is 0 Å². The molecule has 0 unspecified atom stereocenters. The van der Waals surface area contributed by atoms with Crippen LogP contribution in [0.2, 0.25) is 5.02 Å². The topological polar surface area (TPSA) is 32.3 Å². The molecule has 20 heavy (non-hydrogen) atoms. The number of nitrogens with zero attached hydrogens (tertiary/aromatic N) is 1. The summed E-state index contributed by atoms with van der Waals surface area (Å²) in [5.41, 5.74) is 0. The van der Waals surface area contributed by atoms with Crippen molar-refractivity contribution in [3.8, 4) is 0 Å². The van der Waals surface area contributed by atoms with Crippen molar-refractivity contribution in [2.75, 3.05) is 32.4 Å². The third-order valence-corrected chi connectivity index (χ3v) is 4.74. The lowest BCUT2D eigenvalue weighted by Gasteiger charge is -2.28. The summed E-state index contributed by atoms with van der Waals surface area (Å²) in [5, 5.41) is 3.80. The van der Waals surface area contributed by atoms with Gasteiger partial charge in [-0.15, -0.1) is 11.8 Å². The minimum Gasteiger partial charge on any atom is -0.355 e. The van der Waals surface area contributed by atoms with Crippen molar-refractivity contribution in [1.82, 2.24) is 10.2 Å². The summed E-state index contributed by atoms with van der Waals surface area (Å²) in [6, 6.07) is 7.79. The molecule has 0 aromatic heterocycles. The first kappa shape index (κ1) is 15.7. The van der Waals surface area contributed by atoms with E-state index in [9.17, 15) is 4.79 Å². The smallest absolute Gasteiger partial charge is 0.224 e. The Labute approximate surface area is 130 Å². The molecule has 0 bridgehead atoms. The Bertz CT molecular complexity index is 438. The van der Waals surface area contributed by atoms with Gasteiger partial charge in [-0.25, -0.2) is 0 Å². The number of likely N-dealkylation sites (tertiary alicyclic amines) is 1. The third-order valence-electron chi connectivity index (χ3n) is 3.48. The minimum absolute atomic E-state index is 0.161. The van der Waals surface area contributed by atoms with Gasteiger partial charge < -0.3 is 10.2 Å². The highest BCUT2D eigenvalue weighted by molar-refractivity contribution is 7.99. The van der Waals surface area contributed by atoms with Crippen molar-refractivity contribution >= 4 is 29.3 Å². The quantitative estimate of drug-likeness (QED) is 0.670. The van der Waals surface area contributed by atoms with Gasteiger partial charge in [0.1, 0.15) is 0 Å². The highest BCUT2D eigenvalue weighted by Gasteiger charge is 2.23. The van der Waals surface area contributed by atoms with Crippen LogP contribution in [-0.2, 0) is 4.79 Å². The van der Waals surface area contributed by atoms with Crippen molar-refractivity contribution < 1.29 is 4.79 Å². The predicted molar refractivity (Wildman–Crippen MR) is 85.4 cm³/mol. The minimum atomic E-state index is 0.161. The zero-order valence-electron chi connectivity index (χ0n) is 11.8. The van der Waals surface area contributed by atoms with E-state index >= 15 is 0 Å². The fourth-order valence-electron chi connectivity index (χ4n) is 2.40. The van der Waals surface area contributed by atoms with Crippen LogP contribution in [0.15, 0.2) is 29.2 Å². The lowest BCUT2D eigenvalue weighted by atomic mass is 9.98. The second-order valence-corrected chi connectivity index (χ2v) is 6.80. The van der Waals surface area contributed by atoms with Crippen LogP contribution in [-0.4, -0.2) is 43.2 Å². The molecule has 1 N–H and O–H groups in total. The zero-order valence-corrected chi connectivity index (χ0v) is 13.3. The normalized spacial score (nSPS) is 19.8. The summed E-state index contributed by atoms with van der Waals surface area (Å²) < 4.78 is 0. The first-order chi connectivity index (χ1) is 9.65. The molecule has 1 atom stereocenters. The zero-order chi connectivity index (χ0) is 14.4. The molecule has 1 aliphatic rings. The van der Waals surface area contributed by atoms with E-state index in [0.717, 1.165) is 36.7 Å². The van der Waals surface area contributed by atoms with Crippen molar-refractivity contribution in [1.29, 1.82) is 0 Å². The Hall–Kier alpha value is -0.710. The molecule has 1 aliphatic heterocycles. The van der Waals surface area contributed by atoms with Crippen LogP contribution in [0.5, 0.6) is 0 Å². The molecule has 0 saturated carbocycles. The molecule has 1 aromatic carbocycles. The maximum absolute atomic E-state index is 12.0. The van der Waals surface area contributed by atoms with Crippen molar-refractivity contribution in [3.63, 3.8) is 0 Å². The standard InChI is InChI=1S/C15H21ClN2OS/c1-18-9-2-3-12(11-18)15(19)17-8-10-20-14-6-4-13(16)5-7-14/h4-7,12H,2-3,8-11H2,1H3,(H,17,19)/t12-/m0/s1. The van der Waals surface area contributed by atoms with Crippen molar-refractivity contribution in [2.45, 2.75) is 17.7 Å². The van der Waals surface area contributed by atoms with Crippen LogP contribution in [0.25, 0.3) is 0 Å². The summed E-state index contributed by atoms with van der Waals surface area (Å²) in [5.74, 6) is 1.25. The summed E-state index contributed by atoms with van der Waals surface area (Å²) in [6.07, 6.45) is 2.13. The van der Waals surface area contributed by atoms with E-state index in [4.69, 9.17) is 11.6 Å². The Balaban J connectivity index is 1.65. The number of benzene rings is 1. The SMILES string of the molecule is CN1CCC[C@H](C(=O)NCCSc2ccc(Cl)cc2)C1. The van der Waals surface area contributed by atoms with Crippen molar-refractivity contribution in [2.24, 2.45) is 5.92 Å². The largest absolute Gasteiger partial charge is 0.355 e. The van der Waals surface area contributed by atoms with Gasteiger partial charge in [-0.3, -0.25) is 4.79 Å². The number of carbonyl (C=O) groups excluding carboxylic acids is 1. The van der Waals surface area contributed by atoms with E-state index in [-0.39, 0.29) is 11.8 Å². The molecule has 0 spiro atoms. The van der Waals surface area contributed by atoms with Crippen LogP contribution in [0.1, 0.15) is 12.8 Å². The molecule has 2 rings (SSSR count). The molecule has 110 valence electrons. The second-order valence-electron chi connectivity index (χ2n) is 5.19. The molecule has 1 heterocycles. The predicted octanol–water partition coefficient (Wildman–Crippen LogP) is 2.89.